The third kappa shape index (κ3) is 2.25. The SMILES string of the molecule is Nc1nc2cnccc2n1CC(=O)N1CCCCC1. The highest BCUT2D eigenvalue weighted by Crippen LogP contribution is 2.17. The van der Waals surface area contributed by atoms with Crippen molar-refractivity contribution in [3.8, 4) is 0 Å². The molecule has 2 aromatic rings. The molecular weight excluding hydrogens is 242 g/mol. The maximum absolute atomic E-state index is 12.3. The van der Waals surface area contributed by atoms with E-state index in [1.54, 1.807) is 17.0 Å². The Morgan fingerprint density at radius 2 is 2.11 bits per heavy atom. The number of hydrogen-bond donors (Lipinski definition) is 1. The number of nitrogen functional groups attached to an aromatic ring is 1. The van der Waals surface area contributed by atoms with Crippen LogP contribution in [0.2, 0.25) is 0 Å². The summed E-state index contributed by atoms with van der Waals surface area (Å²) in [6.07, 6.45) is 6.75. The summed E-state index contributed by atoms with van der Waals surface area (Å²) in [6.45, 7) is 1.96. The van der Waals surface area contributed by atoms with Gasteiger partial charge in [0.25, 0.3) is 0 Å². The second-order valence-corrected chi connectivity index (χ2v) is 4.86. The topological polar surface area (TPSA) is 77.0 Å². The minimum absolute atomic E-state index is 0.113. The quantitative estimate of drug-likeness (QED) is 0.873. The van der Waals surface area contributed by atoms with Gasteiger partial charge in [0.1, 0.15) is 12.1 Å². The predicted molar refractivity (Wildman–Crippen MR) is 72.4 cm³/mol. The molecule has 1 aliphatic heterocycles. The van der Waals surface area contributed by atoms with Crippen LogP contribution in [0.15, 0.2) is 18.5 Å². The summed E-state index contributed by atoms with van der Waals surface area (Å²) in [5, 5.41) is 0. The van der Waals surface area contributed by atoms with E-state index in [9.17, 15) is 4.79 Å². The van der Waals surface area contributed by atoms with Gasteiger partial charge >= 0.3 is 0 Å². The Morgan fingerprint density at radius 3 is 2.89 bits per heavy atom. The summed E-state index contributed by atoms with van der Waals surface area (Å²) in [5.74, 6) is 0.482. The van der Waals surface area contributed by atoms with Gasteiger partial charge in [-0.3, -0.25) is 9.78 Å². The Hall–Kier alpha value is -2.11. The molecule has 3 rings (SSSR count). The standard InChI is InChI=1S/C13H17N5O/c14-13-16-10-8-15-5-4-11(10)18(13)9-12(19)17-6-2-1-3-7-17/h4-5,8H,1-3,6-7,9H2,(H2,14,16). The molecule has 1 saturated heterocycles. The molecule has 0 radical (unpaired) electrons. The van der Waals surface area contributed by atoms with Gasteiger partial charge in [0.2, 0.25) is 11.9 Å². The van der Waals surface area contributed by atoms with Crippen LogP contribution in [-0.2, 0) is 11.3 Å². The second-order valence-electron chi connectivity index (χ2n) is 4.86. The summed E-state index contributed by atoms with van der Waals surface area (Å²) < 4.78 is 1.76. The highest BCUT2D eigenvalue weighted by Gasteiger charge is 2.18. The molecule has 0 aliphatic carbocycles. The number of pyridine rings is 1. The predicted octanol–water partition coefficient (Wildman–Crippen LogP) is 1.03. The van der Waals surface area contributed by atoms with E-state index in [4.69, 9.17) is 5.73 Å². The molecule has 1 amide bonds. The van der Waals surface area contributed by atoms with Crippen molar-refractivity contribution in [2.75, 3.05) is 18.8 Å². The van der Waals surface area contributed by atoms with Crippen LogP contribution in [0.3, 0.4) is 0 Å². The number of carbonyl (C=O) groups excluding carboxylic acids is 1. The lowest BCUT2D eigenvalue weighted by Crippen LogP contribution is -2.37. The van der Waals surface area contributed by atoms with E-state index in [1.165, 1.54) is 6.42 Å². The summed E-state index contributed by atoms with van der Waals surface area (Å²) in [7, 11) is 0. The van der Waals surface area contributed by atoms with Gasteiger partial charge < -0.3 is 15.2 Å². The number of aromatic nitrogens is 3. The number of anilines is 1. The van der Waals surface area contributed by atoms with Gasteiger partial charge in [0, 0.05) is 19.3 Å². The van der Waals surface area contributed by atoms with Gasteiger partial charge in [0.05, 0.1) is 11.7 Å². The Morgan fingerprint density at radius 1 is 1.32 bits per heavy atom. The van der Waals surface area contributed by atoms with E-state index in [2.05, 4.69) is 9.97 Å². The van der Waals surface area contributed by atoms with Gasteiger partial charge in [-0.2, -0.15) is 0 Å². The summed E-state index contributed by atoms with van der Waals surface area (Å²) in [4.78, 5) is 22.4. The van der Waals surface area contributed by atoms with Gasteiger partial charge in [0.15, 0.2) is 0 Å². The van der Waals surface area contributed by atoms with E-state index >= 15 is 0 Å². The number of piperidine rings is 1. The van der Waals surface area contributed by atoms with Crippen LogP contribution in [-0.4, -0.2) is 38.4 Å². The van der Waals surface area contributed by atoms with Crippen molar-refractivity contribution in [2.24, 2.45) is 0 Å². The van der Waals surface area contributed by atoms with Crippen LogP contribution in [0.5, 0.6) is 0 Å². The van der Waals surface area contributed by atoms with E-state index in [0.29, 0.717) is 5.95 Å². The number of likely N-dealkylation sites (tertiary alicyclic amines) is 1. The molecule has 100 valence electrons. The highest BCUT2D eigenvalue weighted by atomic mass is 16.2. The van der Waals surface area contributed by atoms with Crippen LogP contribution in [0.4, 0.5) is 5.95 Å². The van der Waals surface area contributed by atoms with E-state index in [-0.39, 0.29) is 12.5 Å². The number of fused-ring (bicyclic) bond motifs is 1. The summed E-state index contributed by atoms with van der Waals surface area (Å²) in [6, 6.07) is 1.84. The maximum Gasteiger partial charge on any atom is 0.242 e. The lowest BCUT2D eigenvalue weighted by atomic mass is 10.1. The average molecular weight is 259 g/mol. The molecule has 6 nitrogen and oxygen atoms in total. The van der Waals surface area contributed by atoms with Crippen LogP contribution in [0.1, 0.15) is 19.3 Å². The van der Waals surface area contributed by atoms with Crippen LogP contribution in [0.25, 0.3) is 11.0 Å². The minimum atomic E-state index is 0.113. The van der Waals surface area contributed by atoms with E-state index in [1.807, 2.05) is 11.0 Å². The number of imidazole rings is 1. The number of hydrogen-bond acceptors (Lipinski definition) is 4. The number of amides is 1. The number of nitrogens with zero attached hydrogens (tertiary/aromatic N) is 4. The van der Waals surface area contributed by atoms with Crippen LogP contribution < -0.4 is 5.73 Å². The molecule has 3 heterocycles. The van der Waals surface area contributed by atoms with Gasteiger partial charge in [-0.05, 0) is 25.3 Å². The fraction of sp³-hybridized carbons (Fsp3) is 0.462. The first-order valence-corrected chi connectivity index (χ1v) is 6.59. The average Bonchev–Trinajstić information content (AvgIpc) is 2.76. The highest BCUT2D eigenvalue weighted by molar-refractivity contribution is 5.82. The third-order valence-corrected chi connectivity index (χ3v) is 3.58. The monoisotopic (exact) mass is 259 g/mol. The van der Waals surface area contributed by atoms with Gasteiger partial charge in [-0.15, -0.1) is 0 Å². The van der Waals surface area contributed by atoms with Gasteiger partial charge in [-0.1, -0.05) is 0 Å². The lowest BCUT2D eigenvalue weighted by molar-refractivity contribution is -0.132. The first kappa shape index (κ1) is 12.0. The van der Waals surface area contributed by atoms with Crippen LogP contribution in [0, 0.1) is 0 Å². The first-order chi connectivity index (χ1) is 9.25. The van der Waals surface area contributed by atoms with Crippen molar-refractivity contribution in [2.45, 2.75) is 25.8 Å². The van der Waals surface area contributed by atoms with Crippen molar-refractivity contribution in [3.05, 3.63) is 18.5 Å². The smallest absolute Gasteiger partial charge is 0.242 e. The van der Waals surface area contributed by atoms with Crippen molar-refractivity contribution in [3.63, 3.8) is 0 Å². The zero-order chi connectivity index (χ0) is 13.2. The normalized spacial score (nSPS) is 15.9. The van der Waals surface area contributed by atoms with Crippen molar-refractivity contribution in [1.82, 2.24) is 19.4 Å². The molecule has 2 N–H and O–H groups in total. The molecule has 0 atom stereocenters. The minimum Gasteiger partial charge on any atom is -0.369 e. The molecule has 0 saturated carbocycles. The Kier molecular flexibility index (Phi) is 3.06. The largest absolute Gasteiger partial charge is 0.369 e. The molecule has 0 aromatic carbocycles. The molecule has 1 aliphatic rings. The lowest BCUT2D eigenvalue weighted by Gasteiger charge is -2.27. The van der Waals surface area contributed by atoms with E-state index < -0.39 is 0 Å². The number of rotatable bonds is 2. The summed E-state index contributed by atoms with van der Waals surface area (Å²) >= 11 is 0. The number of nitrogens with two attached hydrogens (primary N) is 1. The fourth-order valence-electron chi connectivity index (χ4n) is 2.55. The van der Waals surface area contributed by atoms with Gasteiger partial charge in [-0.25, -0.2) is 4.98 Å². The van der Waals surface area contributed by atoms with Crippen molar-refractivity contribution in [1.29, 1.82) is 0 Å². The fourth-order valence-corrected chi connectivity index (χ4v) is 2.55. The molecular formula is C13H17N5O. The zero-order valence-corrected chi connectivity index (χ0v) is 10.7. The van der Waals surface area contributed by atoms with Crippen LogP contribution >= 0.6 is 0 Å². The van der Waals surface area contributed by atoms with Crippen molar-refractivity contribution < 1.29 is 4.79 Å². The molecule has 19 heavy (non-hydrogen) atoms. The molecule has 1 fully saturated rings. The molecule has 6 heteroatoms. The Balaban J connectivity index is 1.84. The maximum atomic E-state index is 12.3. The third-order valence-electron chi connectivity index (χ3n) is 3.58. The Bertz CT molecular complexity index is 600. The zero-order valence-electron chi connectivity index (χ0n) is 10.7. The number of carbonyl (C=O) groups is 1. The van der Waals surface area contributed by atoms with E-state index in [0.717, 1.165) is 37.0 Å². The first-order valence-electron chi connectivity index (χ1n) is 6.59. The molecule has 0 unspecified atom stereocenters. The molecule has 0 bridgehead atoms. The molecule has 0 spiro atoms. The molecule has 2 aromatic heterocycles. The van der Waals surface area contributed by atoms with Crippen molar-refractivity contribution >= 4 is 22.9 Å². The Labute approximate surface area is 111 Å². The second kappa shape index (κ2) is 4.87. The summed E-state index contributed by atoms with van der Waals surface area (Å²) in [5.41, 5.74) is 7.47.